The van der Waals surface area contributed by atoms with Gasteiger partial charge in [-0.05, 0) is 48.2 Å². The number of ether oxygens (including phenoxy) is 1. The molecule has 122 valence electrons. The predicted molar refractivity (Wildman–Crippen MR) is 94.1 cm³/mol. The molecule has 0 spiro atoms. The first-order valence-electron chi connectivity index (χ1n) is 8.35. The zero-order valence-electron chi connectivity index (χ0n) is 13.6. The second kappa shape index (κ2) is 7.49. The molecule has 0 saturated carbocycles. The molecule has 23 heavy (non-hydrogen) atoms. The number of hydrogen-bond donors (Lipinski definition) is 3. The Labute approximate surface area is 138 Å². The van der Waals surface area contributed by atoms with Crippen LogP contribution >= 0.6 is 0 Å². The van der Waals surface area contributed by atoms with E-state index < -0.39 is 0 Å². The molecule has 2 atom stereocenters. The Morgan fingerprint density at radius 1 is 1.04 bits per heavy atom. The van der Waals surface area contributed by atoms with Crippen LogP contribution in [0.25, 0.3) is 0 Å². The van der Waals surface area contributed by atoms with Crippen molar-refractivity contribution in [3.63, 3.8) is 0 Å². The maximum absolute atomic E-state index is 5.89. The molecule has 0 radical (unpaired) electrons. The third-order valence-corrected chi connectivity index (χ3v) is 4.24. The fraction of sp³-hybridized carbons (Fsp3) is 0.368. The molecule has 0 amide bonds. The van der Waals surface area contributed by atoms with E-state index in [-0.39, 0.29) is 12.1 Å². The summed E-state index contributed by atoms with van der Waals surface area (Å²) in [7, 11) is 0. The lowest BCUT2D eigenvalue weighted by atomic mass is 9.97. The average molecular weight is 311 g/mol. The molecule has 1 heterocycles. The van der Waals surface area contributed by atoms with Crippen molar-refractivity contribution >= 4 is 5.69 Å². The summed E-state index contributed by atoms with van der Waals surface area (Å²) >= 11 is 0. The van der Waals surface area contributed by atoms with E-state index in [1.807, 2.05) is 24.3 Å². The van der Waals surface area contributed by atoms with Crippen molar-refractivity contribution in [2.45, 2.75) is 38.3 Å². The number of nitrogens with two attached hydrogens (primary N) is 1. The summed E-state index contributed by atoms with van der Waals surface area (Å²) in [5, 5.41) is 0. The summed E-state index contributed by atoms with van der Waals surface area (Å²) in [5.74, 6) is 0.949. The number of nitrogens with one attached hydrogen (secondary N) is 2. The minimum atomic E-state index is 0.271. The van der Waals surface area contributed by atoms with E-state index in [4.69, 9.17) is 10.5 Å². The van der Waals surface area contributed by atoms with Crippen molar-refractivity contribution < 1.29 is 4.74 Å². The van der Waals surface area contributed by atoms with Crippen LogP contribution in [0, 0.1) is 0 Å². The van der Waals surface area contributed by atoms with Crippen LogP contribution in [-0.4, -0.2) is 6.61 Å². The summed E-state index contributed by atoms with van der Waals surface area (Å²) < 4.78 is 5.81. The minimum absolute atomic E-state index is 0.271. The van der Waals surface area contributed by atoms with E-state index in [1.54, 1.807) is 0 Å². The van der Waals surface area contributed by atoms with Crippen LogP contribution in [0.2, 0.25) is 0 Å². The van der Waals surface area contributed by atoms with E-state index in [9.17, 15) is 0 Å². The Bertz CT molecular complexity index is 644. The topological polar surface area (TPSA) is 59.3 Å². The SMILES string of the molecule is CCCCOc1cccc(C2CC(c3cccc(N)c3)NN2)c1. The van der Waals surface area contributed by atoms with Crippen LogP contribution in [0.3, 0.4) is 0 Å². The summed E-state index contributed by atoms with van der Waals surface area (Å²) in [6, 6.07) is 17.0. The molecule has 1 saturated heterocycles. The summed E-state index contributed by atoms with van der Waals surface area (Å²) in [6.45, 7) is 2.95. The molecule has 0 aromatic heterocycles. The molecule has 4 nitrogen and oxygen atoms in total. The smallest absolute Gasteiger partial charge is 0.119 e. The summed E-state index contributed by atoms with van der Waals surface area (Å²) in [6.07, 6.45) is 3.22. The second-order valence-electron chi connectivity index (χ2n) is 6.07. The number of nitrogen functional groups attached to an aromatic ring is 1. The lowest BCUT2D eigenvalue weighted by molar-refractivity contribution is 0.309. The number of rotatable bonds is 6. The summed E-state index contributed by atoms with van der Waals surface area (Å²) in [5.41, 5.74) is 15.9. The monoisotopic (exact) mass is 311 g/mol. The van der Waals surface area contributed by atoms with Crippen molar-refractivity contribution in [3.8, 4) is 5.75 Å². The van der Waals surface area contributed by atoms with Crippen LogP contribution in [0.1, 0.15) is 49.4 Å². The lowest BCUT2D eigenvalue weighted by Crippen LogP contribution is -2.26. The van der Waals surface area contributed by atoms with Crippen molar-refractivity contribution in [2.24, 2.45) is 0 Å². The molecule has 1 fully saturated rings. The van der Waals surface area contributed by atoms with Crippen molar-refractivity contribution in [1.82, 2.24) is 10.9 Å². The van der Waals surface area contributed by atoms with Gasteiger partial charge in [0.05, 0.1) is 6.61 Å². The Morgan fingerprint density at radius 3 is 2.43 bits per heavy atom. The van der Waals surface area contributed by atoms with Crippen LogP contribution < -0.4 is 21.3 Å². The molecule has 2 aromatic rings. The molecule has 0 bridgehead atoms. The normalized spacial score (nSPS) is 20.6. The third-order valence-electron chi connectivity index (χ3n) is 4.24. The van der Waals surface area contributed by atoms with E-state index >= 15 is 0 Å². The highest BCUT2D eigenvalue weighted by molar-refractivity contribution is 5.42. The Kier molecular flexibility index (Phi) is 5.16. The van der Waals surface area contributed by atoms with Crippen molar-refractivity contribution in [1.29, 1.82) is 0 Å². The standard InChI is InChI=1S/C19H25N3O/c1-2-3-10-23-17-9-5-7-15(12-17)19-13-18(21-22-19)14-6-4-8-16(20)11-14/h4-9,11-12,18-19,21-22H,2-3,10,13,20H2,1H3. The van der Waals surface area contributed by atoms with Gasteiger partial charge in [0.2, 0.25) is 0 Å². The van der Waals surface area contributed by atoms with Crippen LogP contribution in [-0.2, 0) is 0 Å². The highest BCUT2D eigenvalue weighted by Gasteiger charge is 2.26. The Morgan fingerprint density at radius 2 is 1.74 bits per heavy atom. The molecule has 2 aromatic carbocycles. The van der Waals surface area contributed by atoms with Gasteiger partial charge in [0.1, 0.15) is 5.75 Å². The van der Waals surface area contributed by atoms with E-state index in [1.165, 1.54) is 11.1 Å². The second-order valence-corrected chi connectivity index (χ2v) is 6.07. The average Bonchev–Trinajstić information content (AvgIpc) is 3.06. The zero-order chi connectivity index (χ0) is 16.1. The molecule has 2 unspecified atom stereocenters. The number of unbranched alkanes of at least 4 members (excludes halogenated alkanes) is 1. The van der Waals surface area contributed by atoms with Crippen molar-refractivity contribution in [3.05, 3.63) is 59.7 Å². The van der Waals surface area contributed by atoms with Crippen LogP contribution in [0.4, 0.5) is 5.69 Å². The Balaban J connectivity index is 1.65. The fourth-order valence-electron chi connectivity index (χ4n) is 2.92. The first-order chi connectivity index (χ1) is 11.3. The lowest BCUT2D eigenvalue weighted by Gasteiger charge is -2.12. The van der Waals surface area contributed by atoms with E-state index in [0.717, 1.165) is 37.3 Å². The van der Waals surface area contributed by atoms with Gasteiger partial charge in [0.15, 0.2) is 0 Å². The molecule has 4 heteroatoms. The minimum Gasteiger partial charge on any atom is -0.494 e. The number of benzene rings is 2. The fourth-order valence-corrected chi connectivity index (χ4v) is 2.92. The Hall–Kier alpha value is -2.04. The molecular formula is C19H25N3O. The number of anilines is 1. The van der Waals surface area contributed by atoms with Gasteiger partial charge in [-0.25, -0.2) is 10.9 Å². The first kappa shape index (κ1) is 15.8. The molecule has 3 rings (SSSR count). The van der Waals surface area contributed by atoms with Gasteiger partial charge in [-0.1, -0.05) is 37.6 Å². The van der Waals surface area contributed by atoms with Gasteiger partial charge in [-0.3, -0.25) is 0 Å². The van der Waals surface area contributed by atoms with Crippen LogP contribution in [0.15, 0.2) is 48.5 Å². The molecule has 1 aliphatic heterocycles. The first-order valence-corrected chi connectivity index (χ1v) is 8.35. The zero-order valence-corrected chi connectivity index (χ0v) is 13.6. The van der Waals surface area contributed by atoms with E-state index in [2.05, 4.69) is 42.0 Å². The number of hydrazine groups is 1. The van der Waals surface area contributed by atoms with Gasteiger partial charge >= 0.3 is 0 Å². The highest BCUT2D eigenvalue weighted by atomic mass is 16.5. The molecular weight excluding hydrogens is 286 g/mol. The van der Waals surface area contributed by atoms with Gasteiger partial charge in [-0.2, -0.15) is 0 Å². The van der Waals surface area contributed by atoms with Gasteiger partial charge in [0.25, 0.3) is 0 Å². The van der Waals surface area contributed by atoms with Gasteiger partial charge < -0.3 is 10.5 Å². The summed E-state index contributed by atoms with van der Waals surface area (Å²) in [4.78, 5) is 0. The maximum Gasteiger partial charge on any atom is 0.119 e. The third kappa shape index (κ3) is 4.03. The molecule has 0 aliphatic carbocycles. The quantitative estimate of drug-likeness (QED) is 0.562. The van der Waals surface area contributed by atoms with E-state index in [0.29, 0.717) is 0 Å². The predicted octanol–water partition coefficient (Wildman–Crippen LogP) is 3.73. The maximum atomic E-state index is 5.89. The van der Waals surface area contributed by atoms with Crippen molar-refractivity contribution in [2.75, 3.05) is 12.3 Å². The molecule has 4 N–H and O–H groups in total. The number of hydrogen-bond acceptors (Lipinski definition) is 4. The largest absolute Gasteiger partial charge is 0.494 e. The van der Waals surface area contributed by atoms with Gasteiger partial charge in [0, 0.05) is 17.8 Å². The van der Waals surface area contributed by atoms with Gasteiger partial charge in [-0.15, -0.1) is 0 Å². The molecule has 1 aliphatic rings. The highest BCUT2D eigenvalue weighted by Crippen LogP contribution is 2.32. The van der Waals surface area contributed by atoms with Crippen LogP contribution in [0.5, 0.6) is 5.75 Å².